The van der Waals surface area contributed by atoms with Crippen LogP contribution in [0.1, 0.15) is 6.42 Å². The predicted octanol–water partition coefficient (Wildman–Crippen LogP) is 1.65. The third-order valence-electron chi connectivity index (χ3n) is 1.79. The van der Waals surface area contributed by atoms with E-state index < -0.39 is 0 Å². The van der Waals surface area contributed by atoms with E-state index >= 15 is 0 Å². The van der Waals surface area contributed by atoms with Crippen molar-refractivity contribution in [1.29, 1.82) is 0 Å². The number of rotatable bonds is 2. The first kappa shape index (κ1) is 7.29. The van der Waals surface area contributed by atoms with Crippen molar-refractivity contribution in [3.05, 3.63) is 36.5 Å². The van der Waals surface area contributed by atoms with Crippen LogP contribution in [0.15, 0.2) is 36.5 Å². The molecule has 10 heavy (non-hydrogen) atoms. The maximum Gasteiger partial charge on any atom is 0.0208 e. The minimum absolute atomic E-state index is 0.949. The van der Waals surface area contributed by atoms with Crippen LogP contribution in [0.4, 0.5) is 0 Å². The standard InChI is InChI=1S/C9H13N/c1-3-8-5-6-10-7-9(8)4-2/h3-4,10H,1-2,5-7H2. The van der Waals surface area contributed by atoms with Gasteiger partial charge in [0.2, 0.25) is 0 Å². The van der Waals surface area contributed by atoms with Gasteiger partial charge in [-0.05, 0) is 24.1 Å². The summed E-state index contributed by atoms with van der Waals surface area (Å²) in [6.45, 7) is 9.50. The van der Waals surface area contributed by atoms with Crippen molar-refractivity contribution in [2.45, 2.75) is 6.42 Å². The Bertz CT molecular complexity index is 157. The molecular weight excluding hydrogens is 122 g/mol. The van der Waals surface area contributed by atoms with Gasteiger partial charge in [0, 0.05) is 6.54 Å². The zero-order chi connectivity index (χ0) is 7.40. The Kier molecular flexibility index (Phi) is 2.46. The Balaban J connectivity index is 2.81. The smallest absolute Gasteiger partial charge is 0.0208 e. The van der Waals surface area contributed by atoms with Gasteiger partial charge in [0.15, 0.2) is 0 Å². The molecule has 0 aliphatic carbocycles. The van der Waals surface area contributed by atoms with Crippen LogP contribution in [0, 0.1) is 0 Å². The molecule has 0 bridgehead atoms. The average Bonchev–Trinajstić information content (AvgIpc) is 2.04. The van der Waals surface area contributed by atoms with Crippen molar-refractivity contribution in [2.75, 3.05) is 13.1 Å². The molecule has 1 rings (SSSR count). The van der Waals surface area contributed by atoms with Gasteiger partial charge >= 0.3 is 0 Å². The molecule has 0 radical (unpaired) electrons. The van der Waals surface area contributed by atoms with Gasteiger partial charge in [-0.3, -0.25) is 0 Å². The van der Waals surface area contributed by atoms with Gasteiger partial charge in [0.05, 0.1) is 0 Å². The molecule has 0 unspecified atom stereocenters. The molecule has 1 heterocycles. The summed E-state index contributed by atoms with van der Waals surface area (Å²) in [4.78, 5) is 0. The second-order valence-corrected chi connectivity index (χ2v) is 2.39. The molecule has 1 heteroatoms. The Morgan fingerprint density at radius 1 is 1.20 bits per heavy atom. The van der Waals surface area contributed by atoms with Crippen LogP contribution in [0.25, 0.3) is 0 Å². The summed E-state index contributed by atoms with van der Waals surface area (Å²) in [5.41, 5.74) is 2.63. The molecule has 0 saturated heterocycles. The third kappa shape index (κ3) is 1.36. The summed E-state index contributed by atoms with van der Waals surface area (Å²) in [7, 11) is 0. The fraction of sp³-hybridized carbons (Fsp3) is 0.333. The monoisotopic (exact) mass is 135 g/mol. The molecule has 0 aromatic carbocycles. The first-order chi connectivity index (χ1) is 4.88. The minimum atomic E-state index is 0.949. The normalized spacial score (nSPS) is 18.8. The fourth-order valence-electron chi connectivity index (χ4n) is 1.16. The van der Waals surface area contributed by atoms with E-state index in [1.807, 2.05) is 12.2 Å². The van der Waals surface area contributed by atoms with Crippen molar-refractivity contribution in [1.82, 2.24) is 5.32 Å². The number of hydrogen-bond donors (Lipinski definition) is 1. The predicted molar refractivity (Wildman–Crippen MR) is 44.9 cm³/mol. The van der Waals surface area contributed by atoms with Crippen molar-refractivity contribution < 1.29 is 0 Å². The Labute approximate surface area is 62.1 Å². The van der Waals surface area contributed by atoms with E-state index in [9.17, 15) is 0 Å². The minimum Gasteiger partial charge on any atom is -0.312 e. The maximum atomic E-state index is 3.75. The molecule has 0 atom stereocenters. The molecule has 0 saturated carbocycles. The first-order valence-corrected chi connectivity index (χ1v) is 3.56. The summed E-state index contributed by atoms with van der Waals surface area (Å²) in [6, 6.07) is 0. The van der Waals surface area contributed by atoms with Crippen molar-refractivity contribution in [2.24, 2.45) is 0 Å². The summed E-state index contributed by atoms with van der Waals surface area (Å²) in [5, 5.41) is 3.27. The molecular formula is C9H13N. The highest BCUT2D eigenvalue weighted by molar-refractivity contribution is 5.34. The van der Waals surface area contributed by atoms with Crippen LogP contribution < -0.4 is 5.32 Å². The highest BCUT2D eigenvalue weighted by Crippen LogP contribution is 2.13. The van der Waals surface area contributed by atoms with Gasteiger partial charge in [-0.25, -0.2) is 0 Å². The Morgan fingerprint density at radius 3 is 2.40 bits per heavy atom. The maximum absolute atomic E-state index is 3.75. The number of allylic oxidation sites excluding steroid dienone is 1. The molecule has 0 spiro atoms. The van der Waals surface area contributed by atoms with Crippen LogP contribution >= 0.6 is 0 Å². The van der Waals surface area contributed by atoms with Crippen LogP contribution in [-0.2, 0) is 0 Å². The molecule has 1 nitrogen and oxygen atoms in total. The zero-order valence-electron chi connectivity index (χ0n) is 6.19. The van der Waals surface area contributed by atoms with E-state index in [1.165, 1.54) is 11.1 Å². The first-order valence-electron chi connectivity index (χ1n) is 3.56. The largest absolute Gasteiger partial charge is 0.312 e. The average molecular weight is 135 g/mol. The third-order valence-corrected chi connectivity index (χ3v) is 1.79. The molecule has 0 fully saturated rings. The molecule has 0 amide bonds. The van der Waals surface area contributed by atoms with E-state index in [0.29, 0.717) is 0 Å². The van der Waals surface area contributed by atoms with E-state index in [2.05, 4.69) is 18.5 Å². The summed E-state index contributed by atoms with van der Waals surface area (Å²) in [6.07, 6.45) is 4.92. The van der Waals surface area contributed by atoms with Crippen molar-refractivity contribution in [3.8, 4) is 0 Å². The SMILES string of the molecule is C=CC1=C(C=C)CNCC1. The molecule has 54 valence electrons. The van der Waals surface area contributed by atoms with Crippen molar-refractivity contribution >= 4 is 0 Å². The van der Waals surface area contributed by atoms with Gasteiger partial charge < -0.3 is 5.32 Å². The van der Waals surface area contributed by atoms with Crippen molar-refractivity contribution in [3.63, 3.8) is 0 Å². The number of hydrogen-bond acceptors (Lipinski definition) is 1. The second-order valence-electron chi connectivity index (χ2n) is 2.39. The Hall–Kier alpha value is -0.820. The van der Waals surface area contributed by atoms with Gasteiger partial charge in [0.25, 0.3) is 0 Å². The van der Waals surface area contributed by atoms with Gasteiger partial charge in [0.1, 0.15) is 0 Å². The highest BCUT2D eigenvalue weighted by atomic mass is 14.9. The lowest BCUT2D eigenvalue weighted by atomic mass is 10.0. The highest BCUT2D eigenvalue weighted by Gasteiger charge is 2.05. The summed E-state index contributed by atoms with van der Waals surface area (Å²) >= 11 is 0. The van der Waals surface area contributed by atoms with Crippen LogP contribution in [-0.4, -0.2) is 13.1 Å². The topological polar surface area (TPSA) is 12.0 Å². The lowest BCUT2D eigenvalue weighted by Crippen LogP contribution is -2.23. The van der Waals surface area contributed by atoms with Crippen LogP contribution in [0.5, 0.6) is 0 Å². The lowest BCUT2D eigenvalue weighted by molar-refractivity contribution is 0.696. The van der Waals surface area contributed by atoms with E-state index in [0.717, 1.165) is 19.5 Å². The summed E-state index contributed by atoms with van der Waals surface area (Å²) < 4.78 is 0. The summed E-state index contributed by atoms with van der Waals surface area (Å²) in [5.74, 6) is 0. The molecule has 1 N–H and O–H groups in total. The van der Waals surface area contributed by atoms with Gasteiger partial charge in [-0.15, -0.1) is 0 Å². The fourth-order valence-corrected chi connectivity index (χ4v) is 1.16. The lowest BCUT2D eigenvalue weighted by Gasteiger charge is -2.15. The molecule has 0 aromatic rings. The van der Waals surface area contributed by atoms with Gasteiger partial charge in [-0.2, -0.15) is 0 Å². The van der Waals surface area contributed by atoms with Crippen LogP contribution in [0.2, 0.25) is 0 Å². The van der Waals surface area contributed by atoms with E-state index in [4.69, 9.17) is 0 Å². The van der Waals surface area contributed by atoms with E-state index in [1.54, 1.807) is 0 Å². The van der Waals surface area contributed by atoms with Gasteiger partial charge in [-0.1, -0.05) is 25.3 Å². The van der Waals surface area contributed by atoms with E-state index in [-0.39, 0.29) is 0 Å². The molecule has 0 aromatic heterocycles. The quantitative estimate of drug-likeness (QED) is 0.607. The van der Waals surface area contributed by atoms with Crippen LogP contribution in [0.3, 0.4) is 0 Å². The number of nitrogens with one attached hydrogen (secondary N) is 1. The zero-order valence-corrected chi connectivity index (χ0v) is 6.19. The Morgan fingerprint density at radius 2 is 1.90 bits per heavy atom. The molecule has 1 aliphatic heterocycles. The second kappa shape index (κ2) is 3.37. The molecule has 1 aliphatic rings.